The lowest BCUT2D eigenvalue weighted by molar-refractivity contribution is -0.175. The van der Waals surface area contributed by atoms with Crippen LogP contribution in [0.4, 0.5) is 22.0 Å². The Kier molecular flexibility index (Phi) is 10.6. The quantitative estimate of drug-likeness (QED) is 0.367. The van der Waals surface area contributed by atoms with Crippen LogP contribution in [0.2, 0.25) is 0 Å². The SMILES string of the molecule is C=C(/C=C\C=C/C)[C@H](NC(=O)COc1cc(F)cc(F)c1)C(=O)N[C@H](C(=O)C(F)(F)F)C(C)C. The van der Waals surface area contributed by atoms with Crippen LogP contribution in [0.1, 0.15) is 20.8 Å². The first-order valence-corrected chi connectivity index (χ1v) is 10.0. The van der Waals surface area contributed by atoms with Gasteiger partial charge in [0.2, 0.25) is 5.91 Å². The fraction of sp³-hybridized carbons (Fsp3) is 0.348. The molecule has 2 atom stereocenters. The highest BCUT2D eigenvalue weighted by Crippen LogP contribution is 2.21. The van der Waals surface area contributed by atoms with Gasteiger partial charge in [-0.05, 0) is 18.4 Å². The maximum Gasteiger partial charge on any atom is 0.452 e. The monoisotopic (exact) mass is 488 g/mol. The number of halogens is 5. The number of amides is 2. The summed E-state index contributed by atoms with van der Waals surface area (Å²) in [7, 11) is 0. The van der Waals surface area contributed by atoms with Crippen molar-refractivity contribution >= 4 is 17.6 Å². The summed E-state index contributed by atoms with van der Waals surface area (Å²) < 4.78 is 70.3. The van der Waals surface area contributed by atoms with Crippen molar-refractivity contribution in [3.63, 3.8) is 0 Å². The predicted octanol–water partition coefficient (Wildman–Crippen LogP) is 3.79. The van der Waals surface area contributed by atoms with Crippen LogP contribution >= 0.6 is 0 Å². The molecule has 0 bridgehead atoms. The van der Waals surface area contributed by atoms with Crippen LogP contribution < -0.4 is 15.4 Å². The Hall–Kier alpha value is -3.50. The lowest BCUT2D eigenvalue weighted by atomic mass is 9.98. The molecular weight excluding hydrogens is 463 g/mol. The Bertz CT molecular complexity index is 950. The molecule has 34 heavy (non-hydrogen) atoms. The van der Waals surface area contributed by atoms with Crippen LogP contribution in [-0.2, 0) is 14.4 Å². The number of nitrogens with one attached hydrogen (secondary N) is 2. The molecule has 2 amide bonds. The van der Waals surface area contributed by atoms with E-state index in [2.05, 4.69) is 11.9 Å². The number of hydrogen-bond donors (Lipinski definition) is 2. The molecule has 0 heterocycles. The van der Waals surface area contributed by atoms with Gasteiger partial charge < -0.3 is 15.4 Å². The van der Waals surface area contributed by atoms with E-state index in [-0.39, 0.29) is 11.3 Å². The molecule has 0 fully saturated rings. The van der Waals surface area contributed by atoms with Crippen LogP contribution in [0.25, 0.3) is 0 Å². The molecule has 2 N–H and O–H groups in total. The van der Waals surface area contributed by atoms with Gasteiger partial charge in [-0.2, -0.15) is 13.2 Å². The van der Waals surface area contributed by atoms with Crippen molar-refractivity contribution in [2.45, 2.75) is 39.0 Å². The molecular formula is C23H25F5N2O4. The van der Waals surface area contributed by atoms with Gasteiger partial charge in [-0.3, -0.25) is 14.4 Å². The zero-order chi connectivity index (χ0) is 26.1. The fourth-order valence-electron chi connectivity index (χ4n) is 2.62. The van der Waals surface area contributed by atoms with E-state index in [1.807, 2.05) is 5.32 Å². The van der Waals surface area contributed by atoms with Gasteiger partial charge >= 0.3 is 6.18 Å². The van der Waals surface area contributed by atoms with Gasteiger partial charge in [0.05, 0.1) is 6.04 Å². The molecule has 0 saturated heterocycles. The molecule has 1 aromatic rings. The van der Waals surface area contributed by atoms with Gasteiger partial charge in [-0.1, -0.05) is 44.7 Å². The molecule has 1 rings (SSSR count). The number of ether oxygens (including phenoxy) is 1. The van der Waals surface area contributed by atoms with Gasteiger partial charge in [0.25, 0.3) is 11.7 Å². The van der Waals surface area contributed by atoms with Crippen molar-refractivity contribution < 1.29 is 41.1 Å². The van der Waals surface area contributed by atoms with E-state index < -0.39 is 60.0 Å². The molecule has 1 aromatic carbocycles. The maximum atomic E-state index is 13.3. The largest absolute Gasteiger partial charge is 0.484 e. The molecule has 186 valence electrons. The molecule has 6 nitrogen and oxygen atoms in total. The van der Waals surface area contributed by atoms with Crippen molar-refractivity contribution in [3.8, 4) is 5.75 Å². The van der Waals surface area contributed by atoms with Crippen LogP contribution in [-0.4, -0.2) is 42.5 Å². The molecule has 0 aliphatic heterocycles. The Morgan fingerprint density at radius 3 is 2.15 bits per heavy atom. The van der Waals surface area contributed by atoms with Crippen LogP contribution in [0.15, 0.2) is 54.7 Å². The Morgan fingerprint density at radius 2 is 1.65 bits per heavy atom. The zero-order valence-electron chi connectivity index (χ0n) is 18.7. The van der Waals surface area contributed by atoms with E-state index in [4.69, 9.17) is 4.74 Å². The summed E-state index contributed by atoms with van der Waals surface area (Å²) in [5, 5.41) is 4.25. The van der Waals surface area contributed by atoms with E-state index in [9.17, 15) is 36.3 Å². The Labute approximate surface area is 193 Å². The lowest BCUT2D eigenvalue weighted by Gasteiger charge is -2.26. The number of Topliss-reactive ketones (excluding diaryl/α,β-unsaturated/α-hetero) is 1. The topological polar surface area (TPSA) is 84.5 Å². The van der Waals surface area contributed by atoms with Crippen LogP contribution in [0.3, 0.4) is 0 Å². The third-order valence-corrected chi connectivity index (χ3v) is 4.28. The highest BCUT2D eigenvalue weighted by molar-refractivity contribution is 5.96. The summed E-state index contributed by atoms with van der Waals surface area (Å²) in [6.45, 7) is 7.21. The summed E-state index contributed by atoms with van der Waals surface area (Å²) in [6, 6.07) is -1.21. The number of carbonyl (C=O) groups is 3. The molecule has 0 aliphatic carbocycles. The van der Waals surface area contributed by atoms with E-state index in [1.165, 1.54) is 26.0 Å². The lowest BCUT2D eigenvalue weighted by Crippen LogP contribution is -2.56. The van der Waals surface area contributed by atoms with Gasteiger partial charge in [0, 0.05) is 18.2 Å². The predicted molar refractivity (Wildman–Crippen MR) is 115 cm³/mol. The van der Waals surface area contributed by atoms with E-state index in [1.54, 1.807) is 19.1 Å². The number of benzene rings is 1. The minimum atomic E-state index is -5.18. The maximum absolute atomic E-state index is 13.3. The second-order valence-corrected chi connectivity index (χ2v) is 7.45. The fourth-order valence-corrected chi connectivity index (χ4v) is 2.62. The van der Waals surface area contributed by atoms with E-state index >= 15 is 0 Å². The second-order valence-electron chi connectivity index (χ2n) is 7.45. The molecule has 0 aliphatic rings. The first-order valence-electron chi connectivity index (χ1n) is 10.0. The normalized spacial score (nSPS) is 13.7. The number of alkyl halides is 3. The summed E-state index contributed by atoms with van der Waals surface area (Å²) in [5.74, 6) is -7.28. The second kappa shape index (κ2) is 12.7. The summed E-state index contributed by atoms with van der Waals surface area (Å²) in [4.78, 5) is 36.8. The number of carbonyl (C=O) groups excluding carboxylic acids is 3. The summed E-state index contributed by atoms with van der Waals surface area (Å²) in [6.07, 6.45) is 0.858. The first-order chi connectivity index (χ1) is 15.8. The first kappa shape index (κ1) is 28.5. The van der Waals surface area contributed by atoms with Crippen molar-refractivity contribution in [1.82, 2.24) is 10.6 Å². The highest BCUT2D eigenvalue weighted by Gasteiger charge is 2.45. The standard InChI is InChI=1S/C23H25F5N2O4/c1-5-6-7-8-14(4)20(22(33)30-19(13(2)3)21(32)23(26,27)28)29-18(31)12-34-17-10-15(24)9-16(25)11-17/h5-11,13,19-20H,4,12H2,1-3H3,(H,29,31)(H,30,33)/b6-5-,8-7-/t19-,20-/m0/s1. The van der Waals surface area contributed by atoms with E-state index in [0.717, 1.165) is 12.1 Å². The van der Waals surface area contributed by atoms with Crippen molar-refractivity contribution in [2.75, 3.05) is 6.61 Å². The molecule has 0 radical (unpaired) electrons. The highest BCUT2D eigenvalue weighted by atomic mass is 19.4. The molecule has 0 spiro atoms. The van der Waals surface area contributed by atoms with E-state index in [0.29, 0.717) is 6.07 Å². The van der Waals surface area contributed by atoms with Gasteiger partial charge in [-0.25, -0.2) is 8.78 Å². The van der Waals surface area contributed by atoms with Gasteiger partial charge in [-0.15, -0.1) is 0 Å². The average molecular weight is 488 g/mol. The summed E-state index contributed by atoms with van der Waals surface area (Å²) >= 11 is 0. The third-order valence-electron chi connectivity index (χ3n) is 4.28. The Morgan fingerprint density at radius 1 is 1.06 bits per heavy atom. The smallest absolute Gasteiger partial charge is 0.452 e. The van der Waals surface area contributed by atoms with Crippen LogP contribution in [0, 0.1) is 17.6 Å². The number of rotatable bonds is 11. The van der Waals surface area contributed by atoms with Crippen molar-refractivity contribution in [3.05, 3.63) is 66.3 Å². The van der Waals surface area contributed by atoms with Crippen LogP contribution in [0.5, 0.6) is 5.75 Å². The average Bonchev–Trinajstić information content (AvgIpc) is 2.72. The minimum Gasteiger partial charge on any atom is -0.484 e. The van der Waals surface area contributed by atoms with Crippen molar-refractivity contribution in [2.24, 2.45) is 5.92 Å². The molecule has 0 saturated carbocycles. The summed E-state index contributed by atoms with van der Waals surface area (Å²) in [5.41, 5.74) is -0.0114. The minimum absolute atomic E-state index is 0.0114. The molecule has 0 unspecified atom stereocenters. The van der Waals surface area contributed by atoms with Crippen molar-refractivity contribution in [1.29, 1.82) is 0 Å². The molecule has 0 aromatic heterocycles. The number of hydrogen-bond acceptors (Lipinski definition) is 4. The third kappa shape index (κ3) is 9.16. The number of allylic oxidation sites excluding steroid dienone is 3. The number of ketones is 1. The molecule has 11 heteroatoms. The zero-order valence-corrected chi connectivity index (χ0v) is 18.7. The van der Waals surface area contributed by atoms with Gasteiger partial charge in [0.15, 0.2) is 6.61 Å². The Balaban J connectivity index is 3.04. The van der Waals surface area contributed by atoms with Gasteiger partial charge in [0.1, 0.15) is 23.4 Å².